The van der Waals surface area contributed by atoms with Gasteiger partial charge >= 0.3 is 0 Å². The van der Waals surface area contributed by atoms with E-state index in [9.17, 15) is 13.2 Å². The first-order valence-corrected chi connectivity index (χ1v) is 12.8. The molecule has 1 amide bonds. The molecule has 0 unspecified atom stereocenters. The van der Waals surface area contributed by atoms with Crippen molar-refractivity contribution >= 4 is 21.6 Å². The zero-order valence-corrected chi connectivity index (χ0v) is 19.2. The molecule has 4 atom stereocenters. The van der Waals surface area contributed by atoms with E-state index in [4.69, 9.17) is 4.74 Å². The number of hydrogen-bond donors (Lipinski definition) is 0. The average molecular weight is 436 g/mol. The zero-order chi connectivity index (χ0) is 21.6. The van der Waals surface area contributed by atoms with Crippen LogP contribution in [-0.4, -0.2) is 80.9 Å². The Bertz CT molecular complexity index is 909. The van der Waals surface area contributed by atoms with Gasteiger partial charge in [0, 0.05) is 43.8 Å². The monoisotopic (exact) mass is 435 g/mol. The SMILES string of the molecule is C[C@@H]1CN(C[C@@H]2CCCN2C(=O)c2ccc3c(c2)C[C@H](C)N3S(C)(=O)=O)C[C@@H](C)O1. The number of hydrogen-bond acceptors (Lipinski definition) is 5. The van der Waals surface area contributed by atoms with Crippen molar-refractivity contribution in [3.63, 3.8) is 0 Å². The Kier molecular flexibility index (Phi) is 5.85. The maximum absolute atomic E-state index is 13.3. The highest BCUT2D eigenvalue weighted by Crippen LogP contribution is 2.35. The predicted molar refractivity (Wildman–Crippen MR) is 117 cm³/mol. The van der Waals surface area contributed by atoms with Crippen LogP contribution in [0.2, 0.25) is 0 Å². The van der Waals surface area contributed by atoms with E-state index in [0.29, 0.717) is 17.7 Å². The van der Waals surface area contributed by atoms with Gasteiger partial charge in [-0.1, -0.05) is 0 Å². The van der Waals surface area contributed by atoms with E-state index in [1.807, 2.05) is 17.9 Å². The van der Waals surface area contributed by atoms with Gasteiger partial charge in [-0.3, -0.25) is 14.0 Å². The quantitative estimate of drug-likeness (QED) is 0.725. The second kappa shape index (κ2) is 8.13. The second-order valence-electron chi connectivity index (χ2n) is 9.23. The van der Waals surface area contributed by atoms with Crippen LogP contribution in [0.1, 0.15) is 49.5 Å². The lowest BCUT2D eigenvalue weighted by molar-refractivity contribution is -0.0715. The molecule has 0 aliphatic carbocycles. The Morgan fingerprint density at radius 1 is 1.17 bits per heavy atom. The number of benzene rings is 1. The van der Waals surface area contributed by atoms with Gasteiger partial charge in [-0.05, 0) is 63.8 Å². The van der Waals surface area contributed by atoms with Gasteiger partial charge in [0.1, 0.15) is 0 Å². The molecule has 0 bridgehead atoms. The van der Waals surface area contributed by atoms with Crippen molar-refractivity contribution < 1.29 is 17.9 Å². The van der Waals surface area contributed by atoms with Gasteiger partial charge in [0.2, 0.25) is 10.0 Å². The van der Waals surface area contributed by atoms with E-state index in [2.05, 4.69) is 18.7 Å². The first kappa shape index (κ1) is 21.6. The molecule has 0 spiro atoms. The van der Waals surface area contributed by atoms with E-state index in [-0.39, 0.29) is 30.2 Å². The highest BCUT2D eigenvalue weighted by molar-refractivity contribution is 7.92. The van der Waals surface area contributed by atoms with E-state index < -0.39 is 10.0 Å². The molecule has 1 aromatic carbocycles. The lowest BCUT2D eigenvalue weighted by Gasteiger charge is -2.38. The highest BCUT2D eigenvalue weighted by atomic mass is 32.2. The summed E-state index contributed by atoms with van der Waals surface area (Å²) in [6.45, 7) is 9.58. The summed E-state index contributed by atoms with van der Waals surface area (Å²) in [7, 11) is -3.33. The third-order valence-corrected chi connectivity index (χ3v) is 7.71. The van der Waals surface area contributed by atoms with Crippen LogP contribution in [0.25, 0.3) is 0 Å². The van der Waals surface area contributed by atoms with Gasteiger partial charge in [-0.2, -0.15) is 0 Å². The van der Waals surface area contributed by atoms with E-state index >= 15 is 0 Å². The van der Waals surface area contributed by atoms with Gasteiger partial charge in [-0.25, -0.2) is 8.42 Å². The van der Waals surface area contributed by atoms with E-state index in [1.165, 1.54) is 10.6 Å². The van der Waals surface area contributed by atoms with Crippen LogP contribution in [0.5, 0.6) is 0 Å². The summed E-state index contributed by atoms with van der Waals surface area (Å²) < 4.78 is 31.6. The highest BCUT2D eigenvalue weighted by Gasteiger charge is 2.35. The fourth-order valence-corrected chi connectivity index (χ4v) is 6.70. The number of amides is 1. The minimum atomic E-state index is -3.33. The smallest absolute Gasteiger partial charge is 0.254 e. The number of carbonyl (C=O) groups excluding carboxylic acids is 1. The molecule has 1 aromatic rings. The fraction of sp³-hybridized carbons (Fsp3) is 0.682. The lowest BCUT2D eigenvalue weighted by atomic mass is 10.1. The summed E-state index contributed by atoms with van der Waals surface area (Å²) in [5.74, 6) is 0.0557. The summed E-state index contributed by atoms with van der Waals surface area (Å²) in [5.41, 5.74) is 2.30. The molecular formula is C22H33N3O4S. The lowest BCUT2D eigenvalue weighted by Crippen LogP contribution is -2.50. The van der Waals surface area contributed by atoms with Crippen molar-refractivity contribution in [3.8, 4) is 0 Å². The molecule has 2 fully saturated rings. The number of carbonyl (C=O) groups is 1. The number of rotatable bonds is 4. The number of likely N-dealkylation sites (tertiary alicyclic amines) is 1. The van der Waals surface area contributed by atoms with Crippen LogP contribution in [0.3, 0.4) is 0 Å². The van der Waals surface area contributed by atoms with Crippen molar-refractivity contribution in [3.05, 3.63) is 29.3 Å². The summed E-state index contributed by atoms with van der Waals surface area (Å²) in [5, 5.41) is 0. The zero-order valence-electron chi connectivity index (χ0n) is 18.4. The van der Waals surface area contributed by atoms with Crippen LogP contribution in [0.15, 0.2) is 18.2 Å². The fourth-order valence-electron chi connectivity index (χ4n) is 5.43. The van der Waals surface area contributed by atoms with Gasteiger partial charge in [0.25, 0.3) is 5.91 Å². The molecule has 0 N–H and O–H groups in total. The van der Waals surface area contributed by atoms with Crippen LogP contribution in [0.4, 0.5) is 5.69 Å². The predicted octanol–water partition coefficient (Wildman–Crippen LogP) is 2.11. The average Bonchev–Trinajstić information content (AvgIpc) is 3.22. The number of nitrogens with zero attached hydrogens (tertiary/aromatic N) is 3. The third-order valence-electron chi connectivity index (χ3n) is 6.44. The summed E-state index contributed by atoms with van der Waals surface area (Å²) in [6.07, 6.45) is 4.36. The first-order valence-electron chi connectivity index (χ1n) is 10.9. The number of anilines is 1. The van der Waals surface area contributed by atoms with Crippen molar-refractivity contribution in [2.45, 2.75) is 64.3 Å². The van der Waals surface area contributed by atoms with Crippen LogP contribution in [-0.2, 0) is 21.2 Å². The largest absolute Gasteiger partial charge is 0.373 e. The molecule has 166 valence electrons. The van der Waals surface area contributed by atoms with Crippen LogP contribution < -0.4 is 4.31 Å². The molecule has 2 saturated heterocycles. The molecule has 30 heavy (non-hydrogen) atoms. The summed E-state index contributed by atoms with van der Waals surface area (Å²) in [6, 6.07) is 5.57. The van der Waals surface area contributed by atoms with Gasteiger partial charge in [0.15, 0.2) is 0 Å². The second-order valence-corrected chi connectivity index (χ2v) is 11.1. The minimum Gasteiger partial charge on any atom is -0.373 e. The molecule has 3 heterocycles. The van der Waals surface area contributed by atoms with Crippen molar-refractivity contribution in [2.75, 3.05) is 36.7 Å². The van der Waals surface area contributed by atoms with Crippen molar-refractivity contribution in [1.82, 2.24) is 9.80 Å². The Morgan fingerprint density at radius 3 is 2.53 bits per heavy atom. The van der Waals surface area contributed by atoms with Gasteiger partial charge in [-0.15, -0.1) is 0 Å². The number of morpholine rings is 1. The molecule has 7 nitrogen and oxygen atoms in total. The Hall–Kier alpha value is -1.64. The van der Waals surface area contributed by atoms with Crippen LogP contribution in [0, 0.1) is 0 Å². The minimum absolute atomic E-state index is 0.0557. The van der Waals surface area contributed by atoms with E-state index in [1.54, 1.807) is 12.1 Å². The topological polar surface area (TPSA) is 70.2 Å². The van der Waals surface area contributed by atoms with E-state index in [0.717, 1.165) is 44.6 Å². The molecule has 0 saturated carbocycles. The molecule has 0 aromatic heterocycles. The van der Waals surface area contributed by atoms with Crippen molar-refractivity contribution in [1.29, 1.82) is 0 Å². The third kappa shape index (κ3) is 4.22. The maximum Gasteiger partial charge on any atom is 0.254 e. The van der Waals surface area contributed by atoms with Gasteiger partial charge in [0.05, 0.1) is 24.2 Å². The maximum atomic E-state index is 13.3. The first-order chi connectivity index (χ1) is 14.1. The molecule has 4 rings (SSSR count). The summed E-state index contributed by atoms with van der Waals surface area (Å²) >= 11 is 0. The number of ether oxygens (including phenoxy) is 1. The summed E-state index contributed by atoms with van der Waals surface area (Å²) in [4.78, 5) is 17.8. The molecule has 3 aliphatic heterocycles. The Balaban J connectivity index is 1.50. The standard InChI is InChI=1S/C22H33N3O4S/c1-15-10-19-11-18(7-8-21(19)25(15)30(4,27)28)22(26)24-9-5-6-20(24)14-23-12-16(2)29-17(3)13-23/h7-8,11,15-17,20H,5-6,9-10,12-14H2,1-4H3/t15-,16+,17+,20-/m0/s1. The molecule has 3 aliphatic rings. The Morgan fingerprint density at radius 2 is 1.87 bits per heavy atom. The van der Waals surface area contributed by atoms with Gasteiger partial charge < -0.3 is 9.64 Å². The number of sulfonamides is 1. The molecule has 8 heteroatoms. The molecular weight excluding hydrogens is 402 g/mol. The molecule has 0 radical (unpaired) electrons. The number of fused-ring (bicyclic) bond motifs is 1. The Labute approximate surface area is 180 Å². The van der Waals surface area contributed by atoms with Crippen molar-refractivity contribution in [2.24, 2.45) is 0 Å². The van der Waals surface area contributed by atoms with Crippen LogP contribution >= 0.6 is 0 Å². The normalized spacial score (nSPS) is 30.0.